The summed E-state index contributed by atoms with van der Waals surface area (Å²) in [5.41, 5.74) is 1.54. The van der Waals surface area contributed by atoms with Crippen LogP contribution in [-0.2, 0) is 20.5 Å². The minimum absolute atomic E-state index is 0.0520. The minimum Gasteiger partial charge on any atom is -0.463 e. The second-order valence-electron chi connectivity index (χ2n) is 8.88. The molecule has 3 aliphatic rings. The number of benzene rings is 2. The zero-order valence-corrected chi connectivity index (χ0v) is 20.7. The normalized spacial score (nSPS) is 19.2. The summed E-state index contributed by atoms with van der Waals surface area (Å²) in [6.07, 6.45) is -2.56. The largest absolute Gasteiger partial charge is 0.463 e. The van der Waals surface area contributed by atoms with E-state index in [0.29, 0.717) is 27.7 Å². The van der Waals surface area contributed by atoms with Crippen molar-refractivity contribution in [1.82, 2.24) is 10.2 Å². The van der Waals surface area contributed by atoms with Crippen molar-refractivity contribution >= 4 is 34.5 Å². The third-order valence-corrected chi connectivity index (χ3v) is 7.08. The first-order valence-corrected chi connectivity index (χ1v) is 12.8. The number of rotatable bonds is 7. The lowest BCUT2D eigenvalue weighted by Crippen LogP contribution is -2.38. The van der Waals surface area contributed by atoms with Gasteiger partial charge in [-0.2, -0.15) is 13.2 Å². The number of alkyl halides is 3. The molecular formula is C27H24F3N3O3S. The van der Waals surface area contributed by atoms with E-state index >= 15 is 0 Å². The molecule has 0 unspecified atom stereocenters. The van der Waals surface area contributed by atoms with Crippen molar-refractivity contribution in [3.05, 3.63) is 88.0 Å². The van der Waals surface area contributed by atoms with E-state index in [-0.39, 0.29) is 30.5 Å². The van der Waals surface area contributed by atoms with E-state index in [2.05, 4.69) is 5.32 Å². The molecule has 2 aromatic carbocycles. The number of thioether (sulfide) groups is 1. The molecule has 1 N–H and O–H groups in total. The van der Waals surface area contributed by atoms with Gasteiger partial charge in [0, 0.05) is 17.3 Å². The molecule has 1 saturated carbocycles. The molecule has 5 rings (SSSR count). The predicted octanol–water partition coefficient (Wildman–Crippen LogP) is 5.65. The first-order chi connectivity index (χ1) is 17.8. The molecule has 10 heteroatoms. The number of carbonyl (C=O) groups excluding carboxylic acids is 2. The number of aliphatic imine (C=N–C) groups is 1. The summed E-state index contributed by atoms with van der Waals surface area (Å²) in [5, 5.41) is 5.30. The molecule has 0 aromatic heterocycles. The Balaban J connectivity index is 1.63. The Hall–Kier alpha value is -3.53. The number of ether oxygens (including phenoxy) is 1. The molecule has 1 fully saturated rings. The number of hydrogen-bond acceptors (Lipinski definition) is 6. The smallest absolute Gasteiger partial charge is 0.416 e. The first kappa shape index (κ1) is 25.1. The van der Waals surface area contributed by atoms with Gasteiger partial charge in [0.15, 0.2) is 5.17 Å². The van der Waals surface area contributed by atoms with Crippen molar-refractivity contribution < 1.29 is 27.5 Å². The topological polar surface area (TPSA) is 71.0 Å². The molecule has 1 aliphatic carbocycles. The van der Waals surface area contributed by atoms with Gasteiger partial charge in [-0.25, -0.2) is 9.79 Å². The van der Waals surface area contributed by atoms with Gasteiger partial charge in [0.2, 0.25) is 5.91 Å². The van der Waals surface area contributed by atoms with E-state index in [4.69, 9.17) is 9.73 Å². The number of carbonyl (C=O) groups is 2. The van der Waals surface area contributed by atoms with Crippen molar-refractivity contribution in [2.45, 2.75) is 44.4 Å². The molecular weight excluding hydrogens is 503 g/mol. The summed E-state index contributed by atoms with van der Waals surface area (Å²) < 4.78 is 45.3. The number of fused-ring (bicyclic) bond motifs is 1. The molecule has 2 aromatic rings. The van der Waals surface area contributed by atoms with Gasteiger partial charge in [-0.1, -0.05) is 54.2 Å². The molecule has 1 amide bonds. The maximum absolute atomic E-state index is 13.4. The quantitative estimate of drug-likeness (QED) is 0.472. The van der Waals surface area contributed by atoms with Crippen LogP contribution in [0.3, 0.4) is 0 Å². The Morgan fingerprint density at radius 1 is 1.11 bits per heavy atom. The number of hydrogen-bond donors (Lipinski definition) is 1. The lowest BCUT2D eigenvalue weighted by atomic mass is 9.91. The predicted molar refractivity (Wildman–Crippen MR) is 135 cm³/mol. The van der Waals surface area contributed by atoms with Crippen molar-refractivity contribution in [1.29, 1.82) is 0 Å². The van der Waals surface area contributed by atoms with Gasteiger partial charge in [0.25, 0.3) is 0 Å². The van der Waals surface area contributed by atoms with Crippen molar-refractivity contribution in [2.24, 2.45) is 4.99 Å². The van der Waals surface area contributed by atoms with Gasteiger partial charge >= 0.3 is 12.1 Å². The maximum atomic E-state index is 13.4. The SMILES string of the molecule is CCOC(=O)C1=C(c2ccccc2)N=C2SC=C(CC(=O)NC3CC3)N2[C@@H]1c1ccc(C(F)(F)F)cc1. The molecule has 0 bridgehead atoms. The molecule has 37 heavy (non-hydrogen) atoms. The summed E-state index contributed by atoms with van der Waals surface area (Å²) in [6.45, 7) is 1.80. The average Bonchev–Trinajstić information content (AvgIpc) is 3.61. The Morgan fingerprint density at radius 2 is 1.81 bits per heavy atom. The van der Waals surface area contributed by atoms with Crippen molar-refractivity contribution in [2.75, 3.05) is 6.61 Å². The van der Waals surface area contributed by atoms with Gasteiger partial charge < -0.3 is 15.0 Å². The highest BCUT2D eigenvalue weighted by atomic mass is 32.2. The van der Waals surface area contributed by atoms with E-state index in [1.165, 1.54) is 23.9 Å². The summed E-state index contributed by atoms with van der Waals surface area (Å²) in [4.78, 5) is 32.6. The number of esters is 1. The number of nitrogens with zero attached hydrogens (tertiary/aromatic N) is 2. The monoisotopic (exact) mass is 527 g/mol. The van der Waals surface area contributed by atoms with Crippen LogP contribution in [-0.4, -0.2) is 34.6 Å². The van der Waals surface area contributed by atoms with Gasteiger partial charge in [0.1, 0.15) is 0 Å². The summed E-state index contributed by atoms with van der Waals surface area (Å²) in [7, 11) is 0. The van der Waals surface area contributed by atoms with Crippen molar-refractivity contribution in [3.63, 3.8) is 0 Å². The van der Waals surface area contributed by atoms with Crippen LogP contribution in [0.15, 0.2) is 76.3 Å². The molecule has 2 aliphatic heterocycles. The van der Waals surface area contributed by atoms with Gasteiger partial charge in [0.05, 0.1) is 35.9 Å². The Labute approximate surface area is 216 Å². The first-order valence-electron chi connectivity index (χ1n) is 11.9. The summed E-state index contributed by atoms with van der Waals surface area (Å²) in [6, 6.07) is 13.2. The molecule has 2 heterocycles. The fourth-order valence-corrected chi connectivity index (χ4v) is 5.25. The van der Waals surface area contributed by atoms with Gasteiger partial charge in [-0.15, -0.1) is 0 Å². The van der Waals surface area contributed by atoms with Crippen LogP contribution < -0.4 is 5.32 Å². The highest BCUT2D eigenvalue weighted by molar-refractivity contribution is 8.16. The van der Waals surface area contributed by atoms with Crippen LogP contribution in [0.25, 0.3) is 5.70 Å². The molecule has 6 nitrogen and oxygen atoms in total. The fraction of sp³-hybridized carbons (Fsp3) is 0.296. The molecule has 0 spiro atoms. The van der Waals surface area contributed by atoms with Crippen LogP contribution in [0.4, 0.5) is 13.2 Å². The highest BCUT2D eigenvalue weighted by Crippen LogP contribution is 2.47. The average molecular weight is 528 g/mol. The molecule has 0 radical (unpaired) electrons. The lowest BCUT2D eigenvalue weighted by Gasteiger charge is -2.37. The molecule has 1 atom stereocenters. The summed E-state index contributed by atoms with van der Waals surface area (Å²) in [5.74, 6) is -0.773. The minimum atomic E-state index is -4.50. The number of halogens is 3. The number of amides is 1. The number of amidine groups is 1. The third-order valence-electron chi connectivity index (χ3n) is 6.19. The zero-order chi connectivity index (χ0) is 26.2. The maximum Gasteiger partial charge on any atom is 0.416 e. The van der Waals surface area contributed by atoms with E-state index in [9.17, 15) is 22.8 Å². The second-order valence-corrected chi connectivity index (χ2v) is 9.72. The van der Waals surface area contributed by atoms with E-state index < -0.39 is 23.8 Å². The third kappa shape index (κ3) is 5.29. The van der Waals surface area contributed by atoms with E-state index in [1.807, 2.05) is 30.3 Å². The standard InChI is InChI=1S/C27H24F3N3O3S/c1-2-36-25(35)22-23(16-6-4-3-5-7-16)32-26-33(20(15-37-26)14-21(34)31-19-12-13-19)24(22)17-8-10-18(11-9-17)27(28,29)30/h3-11,15,19,24H,2,12-14H2,1H3,(H,31,34)/t24-/m1/s1. The lowest BCUT2D eigenvalue weighted by molar-refractivity contribution is -0.139. The van der Waals surface area contributed by atoms with E-state index in [1.54, 1.807) is 17.2 Å². The summed E-state index contributed by atoms with van der Waals surface area (Å²) >= 11 is 1.31. The highest BCUT2D eigenvalue weighted by Gasteiger charge is 2.43. The van der Waals surface area contributed by atoms with Crippen LogP contribution in [0.2, 0.25) is 0 Å². The van der Waals surface area contributed by atoms with Gasteiger partial charge in [-0.3, -0.25) is 4.79 Å². The molecule has 0 saturated heterocycles. The fourth-order valence-electron chi connectivity index (χ4n) is 4.33. The van der Waals surface area contributed by atoms with Crippen molar-refractivity contribution in [3.8, 4) is 0 Å². The van der Waals surface area contributed by atoms with Gasteiger partial charge in [-0.05, 0) is 42.9 Å². The Kier molecular flexibility index (Phi) is 6.85. The second kappa shape index (κ2) is 10.1. The van der Waals surface area contributed by atoms with Crippen LogP contribution in [0.1, 0.15) is 48.9 Å². The Bertz CT molecular complexity index is 1300. The molecule has 192 valence electrons. The van der Waals surface area contributed by atoms with Crippen LogP contribution in [0, 0.1) is 0 Å². The zero-order valence-electron chi connectivity index (χ0n) is 19.9. The van der Waals surface area contributed by atoms with Crippen LogP contribution in [0.5, 0.6) is 0 Å². The number of nitrogens with one attached hydrogen (secondary N) is 1. The van der Waals surface area contributed by atoms with E-state index in [0.717, 1.165) is 25.0 Å². The van der Waals surface area contributed by atoms with Crippen LogP contribution >= 0.6 is 11.8 Å². The Morgan fingerprint density at radius 3 is 2.43 bits per heavy atom.